The van der Waals surface area contributed by atoms with E-state index in [1.165, 1.54) is 12.1 Å². The fourth-order valence-corrected chi connectivity index (χ4v) is 2.91. The van der Waals surface area contributed by atoms with Gasteiger partial charge < -0.3 is 10.6 Å². The summed E-state index contributed by atoms with van der Waals surface area (Å²) in [6.45, 7) is 6.62. The minimum atomic E-state index is -0.611. The first-order chi connectivity index (χ1) is 12.9. The van der Waals surface area contributed by atoms with Crippen molar-refractivity contribution in [2.75, 3.05) is 10.6 Å². The molecule has 138 valence electrons. The van der Waals surface area contributed by atoms with E-state index in [-0.39, 0.29) is 0 Å². The largest absolute Gasteiger partial charge is 0.399 e. The fraction of sp³-hybridized carbons (Fsp3) is 0.130. The standard InChI is InChI=1S/C23H22F2N2/c1-16-3-5-19(6-4-16)15-27(23-12-9-20(24)14-22(23)25)17(2)13-18-7-10-21(26)11-8-18/h3-12,14H,2,13,15,26H2,1H3. The van der Waals surface area contributed by atoms with E-state index in [0.717, 1.165) is 22.8 Å². The summed E-state index contributed by atoms with van der Waals surface area (Å²) in [7, 11) is 0. The monoisotopic (exact) mass is 364 g/mol. The molecule has 0 unspecified atom stereocenters. The van der Waals surface area contributed by atoms with Crippen LogP contribution in [0.15, 0.2) is 79.0 Å². The van der Waals surface area contributed by atoms with E-state index in [1.807, 2.05) is 55.5 Å². The normalized spacial score (nSPS) is 10.6. The van der Waals surface area contributed by atoms with Crippen molar-refractivity contribution in [1.29, 1.82) is 0 Å². The van der Waals surface area contributed by atoms with Crippen molar-refractivity contribution in [3.05, 3.63) is 107 Å². The number of aryl methyl sites for hydroxylation is 1. The van der Waals surface area contributed by atoms with Crippen LogP contribution in [-0.4, -0.2) is 0 Å². The van der Waals surface area contributed by atoms with E-state index >= 15 is 0 Å². The van der Waals surface area contributed by atoms with Crippen LogP contribution in [0, 0.1) is 18.6 Å². The topological polar surface area (TPSA) is 29.3 Å². The zero-order valence-electron chi connectivity index (χ0n) is 15.3. The quantitative estimate of drug-likeness (QED) is 0.575. The summed E-state index contributed by atoms with van der Waals surface area (Å²) < 4.78 is 27.9. The molecular weight excluding hydrogens is 342 g/mol. The number of nitrogens with zero attached hydrogens (tertiary/aromatic N) is 1. The zero-order chi connectivity index (χ0) is 19.4. The predicted octanol–water partition coefficient (Wildman–Crippen LogP) is 5.62. The summed E-state index contributed by atoms with van der Waals surface area (Å²) in [4.78, 5) is 1.79. The minimum Gasteiger partial charge on any atom is -0.399 e. The van der Waals surface area contributed by atoms with Crippen molar-refractivity contribution < 1.29 is 8.78 Å². The maximum atomic E-state index is 14.5. The highest BCUT2D eigenvalue weighted by atomic mass is 19.1. The molecule has 0 aromatic heterocycles. The van der Waals surface area contributed by atoms with Crippen LogP contribution >= 0.6 is 0 Å². The molecule has 3 aromatic carbocycles. The number of halogens is 2. The lowest BCUT2D eigenvalue weighted by Gasteiger charge is -2.28. The van der Waals surface area contributed by atoms with Crippen LogP contribution in [0.3, 0.4) is 0 Å². The summed E-state index contributed by atoms with van der Waals surface area (Å²) in [5, 5.41) is 0. The molecule has 0 heterocycles. The van der Waals surface area contributed by atoms with Gasteiger partial charge in [-0.15, -0.1) is 0 Å². The first-order valence-electron chi connectivity index (χ1n) is 8.73. The lowest BCUT2D eigenvalue weighted by molar-refractivity contribution is 0.580. The van der Waals surface area contributed by atoms with E-state index in [0.29, 0.717) is 30.0 Å². The van der Waals surface area contributed by atoms with Crippen LogP contribution in [0.2, 0.25) is 0 Å². The van der Waals surface area contributed by atoms with Gasteiger partial charge >= 0.3 is 0 Å². The third-order valence-electron chi connectivity index (χ3n) is 4.43. The first kappa shape index (κ1) is 18.6. The van der Waals surface area contributed by atoms with Gasteiger partial charge in [-0.05, 0) is 42.3 Å². The van der Waals surface area contributed by atoms with Gasteiger partial charge in [-0.3, -0.25) is 0 Å². The van der Waals surface area contributed by atoms with Crippen LogP contribution in [0.1, 0.15) is 16.7 Å². The smallest absolute Gasteiger partial charge is 0.149 e. The molecule has 0 radical (unpaired) electrons. The molecule has 0 aliphatic rings. The Kier molecular flexibility index (Phi) is 5.55. The van der Waals surface area contributed by atoms with Crippen molar-refractivity contribution in [2.24, 2.45) is 0 Å². The summed E-state index contributed by atoms with van der Waals surface area (Å²) in [6, 6.07) is 19.1. The first-order valence-corrected chi connectivity index (χ1v) is 8.73. The van der Waals surface area contributed by atoms with Gasteiger partial charge in [-0.2, -0.15) is 0 Å². The van der Waals surface area contributed by atoms with E-state index in [9.17, 15) is 8.78 Å². The average Bonchev–Trinajstić information content (AvgIpc) is 2.64. The van der Waals surface area contributed by atoms with Gasteiger partial charge in [0.05, 0.1) is 5.69 Å². The van der Waals surface area contributed by atoms with Crippen LogP contribution in [0.4, 0.5) is 20.2 Å². The molecule has 0 fully saturated rings. The van der Waals surface area contributed by atoms with E-state index < -0.39 is 11.6 Å². The van der Waals surface area contributed by atoms with Crippen molar-refractivity contribution >= 4 is 11.4 Å². The molecule has 0 aliphatic carbocycles. The van der Waals surface area contributed by atoms with Gasteiger partial charge in [0.2, 0.25) is 0 Å². The number of benzene rings is 3. The number of rotatable bonds is 6. The van der Waals surface area contributed by atoms with E-state index in [1.54, 1.807) is 4.90 Å². The molecular formula is C23H22F2N2. The van der Waals surface area contributed by atoms with Crippen LogP contribution in [0.25, 0.3) is 0 Å². The second-order valence-electron chi connectivity index (χ2n) is 6.65. The Labute approximate surface area is 158 Å². The van der Waals surface area contributed by atoms with Crippen LogP contribution in [-0.2, 0) is 13.0 Å². The third-order valence-corrected chi connectivity index (χ3v) is 4.43. The number of nitrogen functional groups attached to an aromatic ring is 1. The highest BCUT2D eigenvalue weighted by molar-refractivity contribution is 5.54. The van der Waals surface area contributed by atoms with Gasteiger partial charge in [0, 0.05) is 30.4 Å². The number of allylic oxidation sites excluding steroid dienone is 1. The molecule has 27 heavy (non-hydrogen) atoms. The lowest BCUT2D eigenvalue weighted by Crippen LogP contribution is -2.24. The van der Waals surface area contributed by atoms with Crippen molar-refractivity contribution in [2.45, 2.75) is 19.9 Å². The molecule has 2 N–H and O–H groups in total. The summed E-state index contributed by atoms with van der Waals surface area (Å²) in [5.74, 6) is -1.21. The summed E-state index contributed by atoms with van der Waals surface area (Å²) in [5.41, 5.74) is 10.6. The molecule has 4 heteroatoms. The Hall–Kier alpha value is -3.14. The maximum absolute atomic E-state index is 14.5. The van der Waals surface area contributed by atoms with Gasteiger partial charge in [0.25, 0.3) is 0 Å². The molecule has 3 aromatic rings. The number of hydrogen-bond donors (Lipinski definition) is 1. The fourth-order valence-electron chi connectivity index (χ4n) is 2.91. The van der Waals surface area contributed by atoms with Gasteiger partial charge in [-0.25, -0.2) is 8.78 Å². The highest BCUT2D eigenvalue weighted by Crippen LogP contribution is 2.27. The Morgan fingerprint density at radius 3 is 2.19 bits per heavy atom. The Balaban J connectivity index is 1.91. The molecule has 0 atom stereocenters. The maximum Gasteiger partial charge on any atom is 0.149 e. The highest BCUT2D eigenvalue weighted by Gasteiger charge is 2.16. The molecule has 0 saturated heterocycles. The average molecular weight is 364 g/mol. The molecule has 0 spiro atoms. The second kappa shape index (κ2) is 8.04. The van der Waals surface area contributed by atoms with Gasteiger partial charge in [-0.1, -0.05) is 48.5 Å². The van der Waals surface area contributed by atoms with Crippen LogP contribution in [0.5, 0.6) is 0 Å². The Bertz CT molecular complexity index is 932. The molecule has 2 nitrogen and oxygen atoms in total. The summed E-state index contributed by atoms with van der Waals surface area (Å²) in [6.07, 6.45) is 0.531. The lowest BCUT2D eigenvalue weighted by atomic mass is 10.1. The zero-order valence-corrected chi connectivity index (χ0v) is 15.3. The minimum absolute atomic E-state index is 0.303. The number of anilines is 2. The van der Waals surface area contributed by atoms with Crippen molar-refractivity contribution in [3.8, 4) is 0 Å². The second-order valence-corrected chi connectivity index (χ2v) is 6.65. The SMILES string of the molecule is C=C(Cc1ccc(N)cc1)N(Cc1ccc(C)cc1)c1ccc(F)cc1F. The summed E-state index contributed by atoms with van der Waals surface area (Å²) >= 11 is 0. The van der Waals surface area contributed by atoms with Crippen molar-refractivity contribution in [1.82, 2.24) is 0 Å². The van der Waals surface area contributed by atoms with E-state index in [4.69, 9.17) is 5.73 Å². The predicted molar refractivity (Wildman–Crippen MR) is 107 cm³/mol. The molecule has 0 amide bonds. The van der Waals surface area contributed by atoms with Crippen molar-refractivity contribution in [3.63, 3.8) is 0 Å². The molecule has 0 bridgehead atoms. The molecule has 0 saturated carbocycles. The molecule has 0 aliphatic heterocycles. The van der Waals surface area contributed by atoms with E-state index in [2.05, 4.69) is 6.58 Å². The van der Waals surface area contributed by atoms with Crippen LogP contribution < -0.4 is 10.6 Å². The third kappa shape index (κ3) is 4.73. The van der Waals surface area contributed by atoms with Gasteiger partial charge in [0.15, 0.2) is 0 Å². The van der Waals surface area contributed by atoms with Gasteiger partial charge in [0.1, 0.15) is 11.6 Å². The number of nitrogens with two attached hydrogens (primary N) is 1. The Morgan fingerprint density at radius 1 is 0.926 bits per heavy atom. The Morgan fingerprint density at radius 2 is 1.56 bits per heavy atom. The molecule has 3 rings (SSSR count). The number of hydrogen-bond acceptors (Lipinski definition) is 2.